The molecule has 2 fully saturated rings. The van der Waals surface area contributed by atoms with Crippen molar-refractivity contribution in [2.24, 2.45) is 0 Å². The fraction of sp³-hybridized carbons (Fsp3) is 0.419. The van der Waals surface area contributed by atoms with Crippen molar-refractivity contribution in [1.82, 2.24) is 9.80 Å². The molecule has 5 rings (SSSR count). The lowest BCUT2D eigenvalue weighted by Gasteiger charge is -2.29. The molecule has 3 nitrogen and oxygen atoms in total. The third kappa shape index (κ3) is 6.39. The van der Waals surface area contributed by atoms with Crippen LogP contribution in [0.1, 0.15) is 48.5 Å². The molecule has 2 aliphatic rings. The zero-order valence-corrected chi connectivity index (χ0v) is 20.9. The van der Waals surface area contributed by atoms with Crippen LogP contribution in [0.5, 0.6) is 0 Å². The van der Waals surface area contributed by atoms with Crippen LogP contribution < -0.4 is 0 Å². The summed E-state index contributed by atoms with van der Waals surface area (Å²) < 4.78 is 33.4. The van der Waals surface area contributed by atoms with Crippen LogP contribution in [0.15, 0.2) is 78.9 Å². The molecule has 2 bridgehead atoms. The lowest BCUT2D eigenvalue weighted by molar-refractivity contribution is 0.0574. The van der Waals surface area contributed by atoms with Crippen molar-refractivity contribution in [2.75, 3.05) is 32.8 Å². The van der Waals surface area contributed by atoms with Crippen LogP contribution in [0.25, 0.3) is 0 Å². The van der Waals surface area contributed by atoms with E-state index in [1.54, 1.807) is 24.3 Å². The molecule has 0 saturated carbocycles. The Balaban J connectivity index is 1.15. The molecule has 36 heavy (non-hydrogen) atoms. The summed E-state index contributed by atoms with van der Waals surface area (Å²) in [6.07, 6.45) is 5.81. The largest absolute Gasteiger partial charge is 0.367 e. The third-order valence-electron chi connectivity index (χ3n) is 7.78. The molecule has 2 atom stereocenters. The van der Waals surface area contributed by atoms with Gasteiger partial charge in [-0.25, -0.2) is 8.78 Å². The summed E-state index contributed by atoms with van der Waals surface area (Å²) in [6.45, 7) is 4.79. The minimum absolute atomic E-state index is 0.274. The second-order valence-corrected chi connectivity index (χ2v) is 10.2. The standard InChI is InChI=1S/C31H36F2N2O/c32-27-12-8-25(9-13-27)31(26-10-14-28(33)15-11-26)36-22-21-34-20-18-29-16-17-30(23-34)35(29)19-4-7-24-5-2-1-3-6-24/h1-3,5-6,8-15,29-31H,4,7,16-23H2/t29-,30+/m1/s1. The number of benzene rings is 3. The lowest BCUT2D eigenvalue weighted by Crippen LogP contribution is -2.40. The van der Waals surface area contributed by atoms with Crippen LogP contribution in [0.4, 0.5) is 8.78 Å². The van der Waals surface area contributed by atoms with Gasteiger partial charge >= 0.3 is 0 Å². The number of halogens is 2. The summed E-state index contributed by atoms with van der Waals surface area (Å²) in [5, 5.41) is 0. The summed E-state index contributed by atoms with van der Waals surface area (Å²) in [4.78, 5) is 5.31. The first kappa shape index (κ1) is 25.1. The van der Waals surface area contributed by atoms with E-state index in [4.69, 9.17) is 4.74 Å². The summed E-state index contributed by atoms with van der Waals surface area (Å²) in [5.41, 5.74) is 3.18. The fourth-order valence-electron chi connectivity index (χ4n) is 5.88. The van der Waals surface area contributed by atoms with Crippen molar-refractivity contribution in [3.05, 3.63) is 107 Å². The Bertz CT molecular complexity index is 1030. The van der Waals surface area contributed by atoms with E-state index in [2.05, 4.69) is 40.1 Å². The van der Waals surface area contributed by atoms with E-state index in [1.165, 1.54) is 62.1 Å². The quantitative estimate of drug-likeness (QED) is 0.334. The van der Waals surface area contributed by atoms with E-state index >= 15 is 0 Å². The number of ether oxygens (including phenoxy) is 1. The molecular formula is C31H36F2N2O. The molecule has 3 aromatic carbocycles. The van der Waals surface area contributed by atoms with Crippen molar-refractivity contribution in [3.63, 3.8) is 0 Å². The van der Waals surface area contributed by atoms with Crippen molar-refractivity contribution < 1.29 is 13.5 Å². The fourth-order valence-corrected chi connectivity index (χ4v) is 5.88. The Kier molecular flexibility index (Phi) is 8.42. The van der Waals surface area contributed by atoms with Gasteiger partial charge in [-0.3, -0.25) is 9.80 Å². The molecule has 0 spiro atoms. The van der Waals surface area contributed by atoms with E-state index in [1.807, 2.05) is 0 Å². The second kappa shape index (κ2) is 12.1. The average molecular weight is 491 g/mol. The van der Waals surface area contributed by atoms with Gasteiger partial charge in [0.05, 0.1) is 6.61 Å². The molecule has 0 N–H and O–H groups in total. The van der Waals surface area contributed by atoms with E-state index in [0.717, 1.165) is 37.2 Å². The lowest BCUT2D eigenvalue weighted by atomic mass is 10.0. The number of hydrogen-bond donors (Lipinski definition) is 0. The topological polar surface area (TPSA) is 15.7 Å². The number of rotatable bonds is 10. The highest BCUT2D eigenvalue weighted by molar-refractivity contribution is 5.30. The van der Waals surface area contributed by atoms with Gasteiger partial charge in [0.15, 0.2) is 0 Å². The normalized spacial score (nSPS) is 20.6. The molecule has 0 radical (unpaired) electrons. The molecule has 190 valence electrons. The van der Waals surface area contributed by atoms with E-state index in [9.17, 15) is 8.78 Å². The Morgan fingerprint density at radius 2 is 1.39 bits per heavy atom. The highest BCUT2D eigenvalue weighted by Gasteiger charge is 2.36. The zero-order chi connectivity index (χ0) is 24.7. The van der Waals surface area contributed by atoms with E-state index in [0.29, 0.717) is 18.7 Å². The van der Waals surface area contributed by atoms with Gasteiger partial charge in [0.1, 0.15) is 17.7 Å². The van der Waals surface area contributed by atoms with Gasteiger partial charge in [-0.1, -0.05) is 54.6 Å². The molecule has 2 aliphatic heterocycles. The van der Waals surface area contributed by atoms with Crippen LogP contribution in [0.3, 0.4) is 0 Å². The van der Waals surface area contributed by atoms with Crippen LogP contribution >= 0.6 is 0 Å². The zero-order valence-electron chi connectivity index (χ0n) is 20.9. The third-order valence-corrected chi connectivity index (χ3v) is 7.78. The summed E-state index contributed by atoms with van der Waals surface area (Å²) in [7, 11) is 0. The molecule has 0 aliphatic carbocycles. The highest BCUT2D eigenvalue weighted by Crippen LogP contribution is 2.31. The maximum atomic E-state index is 13.5. The van der Waals surface area contributed by atoms with Crippen LogP contribution in [0, 0.1) is 11.6 Å². The average Bonchev–Trinajstić information content (AvgIpc) is 3.18. The SMILES string of the molecule is Fc1ccc(C(OCCN2CC[C@H]3CC[C@@H](C2)N3CCCc2ccccc2)c2ccc(F)cc2)cc1. The van der Waals surface area contributed by atoms with Gasteiger partial charge in [-0.15, -0.1) is 0 Å². The minimum atomic E-state index is -0.343. The van der Waals surface area contributed by atoms with Crippen LogP contribution in [0.2, 0.25) is 0 Å². The van der Waals surface area contributed by atoms with Gasteiger partial charge in [0.25, 0.3) is 0 Å². The first-order chi connectivity index (χ1) is 17.7. The first-order valence-electron chi connectivity index (χ1n) is 13.3. The molecule has 0 unspecified atom stereocenters. The Labute approximate surface area is 213 Å². The van der Waals surface area contributed by atoms with Crippen molar-refractivity contribution >= 4 is 0 Å². The molecule has 0 amide bonds. The molecule has 3 aromatic rings. The highest BCUT2D eigenvalue weighted by atomic mass is 19.1. The molecule has 0 aromatic heterocycles. The molecule has 2 heterocycles. The number of nitrogens with zero attached hydrogens (tertiary/aromatic N) is 2. The van der Waals surface area contributed by atoms with Gasteiger partial charge in [0, 0.05) is 25.2 Å². The van der Waals surface area contributed by atoms with Gasteiger partial charge in [-0.05, 0) is 86.1 Å². The van der Waals surface area contributed by atoms with Gasteiger partial charge in [-0.2, -0.15) is 0 Å². The summed E-state index contributed by atoms with van der Waals surface area (Å²) >= 11 is 0. The van der Waals surface area contributed by atoms with E-state index in [-0.39, 0.29) is 17.7 Å². The second-order valence-electron chi connectivity index (χ2n) is 10.2. The monoisotopic (exact) mass is 490 g/mol. The predicted octanol–water partition coefficient (Wildman–Crippen LogP) is 6.24. The van der Waals surface area contributed by atoms with Crippen molar-refractivity contribution in [2.45, 2.75) is 50.3 Å². The van der Waals surface area contributed by atoms with E-state index < -0.39 is 0 Å². The summed E-state index contributed by atoms with van der Waals surface area (Å²) in [5.74, 6) is -0.547. The molecular weight excluding hydrogens is 454 g/mol. The molecule has 2 saturated heterocycles. The number of hydrogen-bond acceptors (Lipinski definition) is 3. The van der Waals surface area contributed by atoms with Gasteiger partial charge < -0.3 is 4.74 Å². The number of fused-ring (bicyclic) bond motifs is 2. The predicted molar refractivity (Wildman–Crippen MR) is 140 cm³/mol. The Morgan fingerprint density at radius 1 is 0.750 bits per heavy atom. The minimum Gasteiger partial charge on any atom is -0.367 e. The number of likely N-dealkylation sites (tertiary alicyclic amines) is 1. The Hall–Kier alpha value is -2.60. The van der Waals surface area contributed by atoms with Crippen LogP contribution in [-0.2, 0) is 11.2 Å². The number of aryl methyl sites for hydroxylation is 1. The maximum Gasteiger partial charge on any atom is 0.123 e. The van der Waals surface area contributed by atoms with Gasteiger partial charge in [0.2, 0.25) is 0 Å². The van der Waals surface area contributed by atoms with Crippen LogP contribution in [-0.4, -0.2) is 54.7 Å². The van der Waals surface area contributed by atoms with Crippen molar-refractivity contribution in [1.29, 1.82) is 0 Å². The first-order valence-corrected chi connectivity index (χ1v) is 13.3. The maximum absolute atomic E-state index is 13.5. The summed E-state index contributed by atoms with van der Waals surface area (Å²) in [6, 6.07) is 24.9. The molecule has 5 heteroatoms. The Morgan fingerprint density at radius 3 is 2.06 bits per heavy atom. The smallest absolute Gasteiger partial charge is 0.123 e. The van der Waals surface area contributed by atoms with Crippen molar-refractivity contribution in [3.8, 4) is 0 Å².